The van der Waals surface area contributed by atoms with Crippen molar-refractivity contribution in [2.75, 3.05) is 0 Å². The number of benzene rings is 4. The molecule has 0 fully saturated rings. The van der Waals surface area contributed by atoms with Crippen molar-refractivity contribution in [2.24, 2.45) is 0 Å². The fraction of sp³-hybridized carbons (Fsp3) is 0.0588. The van der Waals surface area contributed by atoms with Gasteiger partial charge in [-0.3, -0.25) is 9.97 Å². The number of nitrogens with zero attached hydrogens (tertiary/aromatic N) is 6. The van der Waals surface area contributed by atoms with Crippen LogP contribution in [0.2, 0.25) is 0 Å². The van der Waals surface area contributed by atoms with Gasteiger partial charge in [-0.05, 0) is 0 Å². The summed E-state index contributed by atoms with van der Waals surface area (Å²) >= 11 is 0. The normalized spacial score (nSPS) is 7.55. The van der Waals surface area contributed by atoms with Gasteiger partial charge in [-0.2, -0.15) is 22.3 Å². The zero-order valence-electron chi connectivity index (χ0n) is 36.7. The summed E-state index contributed by atoms with van der Waals surface area (Å²) in [7, 11) is 0. The molecule has 9 rings (SSSR count). The smallest absolute Gasteiger partial charge is 0.0777 e. The molecule has 8 nitrogen and oxygen atoms in total. The molecule has 0 spiro atoms. The molecule has 273 valence electrons. The van der Waals surface area contributed by atoms with Crippen LogP contribution in [0.4, 0.5) is 0 Å². The first-order valence-electron chi connectivity index (χ1n) is 13.3. The Morgan fingerprint density at radius 2 is 0.507 bits per heavy atom. The maximum Gasteiger partial charge on any atom is 0.0777 e. The van der Waals surface area contributed by atoms with Gasteiger partial charge in [-0.15, -0.1) is 47.5 Å². The van der Waals surface area contributed by atoms with Gasteiger partial charge in [0, 0.05) is 852 Å². The summed E-state index contributed by atoms with van der Waals surface area (Å²) in [5.74, 6) is 1.91. The van der Waals surface area contributed by atoms with E-state index in [2.05, 4.69) is 46.4 Å². The topological polar surface area (TPSA) is 109 Å². The maximum atomic E-state index is 5.00. The first-order chi connectivity index (χ1) is 20.6. The molecule has 0 saturated heterocycles. The van der Waals surface area contributed by atoms with Crippen LogP contribution in [0.15, 0.2) is 48.5 Å². The van der Waals surface area contributed by atoms with Gasteiger partial charge >= 0.3 is 0 Å². The van der Waals surface area contributed by atoms with Gasteiger partial charge in [0.25, 0.3) is 0 Å². The van der Waals surface area contributed by atoms with E-state index in [1.54, 1.807) is 24.3 Å². The van der Waals surface area contributed by atoms with Gasteiger partial charge in [0.15, 0.2) is 0 Å². The average molecular weight is 2760 g/mol. The summed E-state index contributed by atoms with van der Waals surface area (Å²) in [6.07, 6.45) is 0. The number of hydrogen-bond donors (Lipinski definition) is 2. The van der Waals surface area contributed by atoms with Crippen LogP contribution >= 0.6 is 0 Å². The van der Waals surface area contributed by atoms with E-state index in [0.29, 0.717) is 57.0 Å². The van der Waals surface area contributed by atoms with Crippen LogP contribution < -0.4 is 0 Å². The quantitative estimate of drug-likeness (QED) is 0.175. The molecule has 0 atom stereocenters. The van der Waals surface area contributed by atoms with Crippen LogP contribution in [0.3, 0.4) is 0 Å². The van der Waals surface area contributed by atoms with E-state index in [1.807, 2.05) is 38.1 Å². The Bertz CT molecular complexity index is 2350. The molecule has 2 aliphatic heterocycles. The van der Waals surface area contributed by atoms with Crippen LogP contribution in [-0.4, -0.2) is 39.9 Å². The van der Waals surface area contributed by atoms with Crippen molar-refractivity contribution in [3.63, 3.8) is 0 Å². The van der Waals surface area contributed by atoms with Crippen LogP contribution in [0.5, 0.6) is 0 Å². The fourth-order valence-electron chi connectivity index (χ4n) is 5.66. The third-order valence-corrected chi connectivity index (χ3v) is 7.60. The van der Waals surface area contributed by atoms with E-state index in [1.165, 1.54) is 0 Å². The molecular weight excluding hydrogens is 2740 g/mol. The first kappa shape index (κ1) is 133. The Kier molecular flexibility index (Phi) is 137. The molecule has 25 radical (unpaired) electrons. The minimum atomic E-state index is 0. The number of rotatable bonds is 0. The minimum Gasteiger partial charge on any atom is -0.373 e. The SMILES string of the molecule is Cc1cc[c-]c2c3nc4nc(nc5[nH]c(nc6nc(nc([nH]3)c12)-c1[c-]cc[c-]c1-6)c1c(C)cc[c-]c51)-c1[c-]cc[c-]c1-4.[Y].[Y].[Y].[Y].[Y].[Y].[Y].[Y].[Y].[Y].[Y].[Y].[Y].[Y].[Y].[Y].[Y].[Y].[Y].[Y].[Y].[Y].[Y].[Y].[Y]. The molecule has 5 heterocycles. The molecule has 8 bridgehead atoms. The van der Waals surface area contributed by atoms with E-state index in [4.69, 9.17) is 29.9 Å². The van der Waals surface area contributed by atoms with Crippen molar-refractivity contribution in [1.29, 1.82) is 0 Å². The van der Waals surface area contributed by atoms with E-state index >= 15 is 0 Å². The zero-order valence-corrected chi connectivity index (χ0v) is 108. The van der Waals surface area contributed by atoms with Crippen molar-refractivity contribution in [3.8, 4) is 45.6 Å². The van der Waals surface area contributed by atoms with Gasteiger partial charge in [-0.1, -0.05) is 35.4 Å². The third-order valence-electron chi connectivity index (χ3n) is 7.60. The molecule has 4 aromatic carbocycles. The molecular formula is C34H16N8Y25-6. The number of nitrogens with one attached hydrogen (secondary N) is 2. The molecule has 2 N–H and O–H groups in total. The van der Waals surface area contributed by atoms with Crippen LogP contribution in [-0.2, 0) is 818 Å². The van der Waals surface area contributed by atoms with Gasteiger partial charge in [0.2, 0.25) is 0 Å². The number of fused-ring (bicyclic) bond motifs is 20. The van der Waals surface area contributed by atoms with Crippen molar-refractivity contribution in [2.45, 2.75) is 13.8 Å². The number of aromatic amines is 2. The van der Waals surface area contributed by atoms with Gasteiger partial charge < -0.3 is 29.9 Å². The molecule has 7 aromatic rings. The van der Waals surface area contributed by atoms with Gasteiger partial charge in [-0.25, -0.2) is 48.5 Å². The van der Waals surface area contributed by atoms with Crippen molar-refractivity contribution < 1.29 is 818 Å². The van der Waals surface area contributed by atoms with Gasteiger partial charge in [0.05, 0.1) is 11.3 Å². The molecule has 0 amide bonds. The predicted octanol–water partition coefficient (Wildman–Crippen LogP) is 6.22. The van der Waals surface area contributed by atoms with E-state index in [-0.39, 0.29) is 818 Å². The van der Waals surface area contributed by atoms with Crippen LogP contribution in [0.1, 0.15) is 11.1 Å². The van der Waals surface area contributed by atoms with E-state index < -0.39 is 0 Å². The molecule has 3 aromatic heterocycles. The van der Waals surface area contributed by atoms with Crippen molar-refractivity contribution >= 4 is 44.1 Å². The van der Waals surface area contributed by atoms with Crippen LogP contribution in [0.25, 0.3) is 89.7 Å². The van der Waals surface area contributed by atoms with Crippen molar-refractivity contribution in [1.82, 2.24) is 39.9 Å². The van der Waals surface area contributed by atoms with E-state index in [0.717, 1.165) is 43.8 Å². The molecule has 0 unspecified atom stereocenters. The Morgan fingerprint density at radius 3 is 0.746 bits per heavy atom. The molecule has 0 aliphatic carbocycles. The van der Waals surface area contributed by atoms with Crippen molar-refractivity contribution in [3.05, 3.63) is 96.1 Å². The standard InChI is InChI=1S/C34H16N8.25Y/c1-17-9-7-15-23-25(17)33-39-29-21-13-5-6-14-22(21)30(36-29)40-34-26-18(2)10-8-16-24(26)32(42-34)38-28-20-12-4-3-11-19(20)27(35-28)37-31(23)41-33;;;;;;;;;;;;;;;;;;;;;;;;;/h3-10H,1-2H3,(H2,35,36,37,38,39,40,41,42);;;;;;;;;;;;;;;;;;;;;;;;;/q-6;;;;;;;;;;;;;;;;;;;;;;;;;. The molecule has 67 heavy (non-hydrogen) atoms. The summed E-state index contributed by atoms with van der Waals surface area (Å²) in [5, 5.41) is 3.40. The summed E-state index contributed by atoms with van der Waals surface area (Å²) in [6.45, 7) is 4.07. The van der Waals surface area contributed by atoms with Gasteiger partial charge in [0.1, 0.15) is 0 Å². The second kappa shape index (κ2) is 69.2. The summed E-state index contributed by atoms with van der Waals surface area (Å²) in [6, 6.07) is 34.8. The largest absolute Gasteiger partial charge is 0.373 e. The molecule has 0 saturated carbocycles. The average Bonchev–Trinajstić information content (AvgIpc) is 3.73. The molecule has 2 aliphatic rings. The number of H-pyrrole nitrogens is 2. The second-order valence-electron chi connectivity index (χ2n) is 10.2. The third kappa shape index (κ3) is 35.1. The first-order valence-corrected chi connectivity index (χ1v) is 13.3. The summed E-state index contributed by atoms with van der Waals surface area (Å²) < 4.78 is 0. The number of aryl methyl sites for hydroxylation is 2. The van der Waals surface area contributed by atoms with E-state index in [9.17, 15) is 0 Å². The monoisotopic (exact) mass is 2760 g/mol. The molecule has 33 heteroatoms. The summed E-state index contributed by atoms with van der Waals surface area (Å²) in [4.78, 5) is 36.5. The fourth-order valence-corrected chi connectivity index (χ4v) is 5.66. The maximum absolute atomic E-state index is 5.00. The second-order valence-corrected chi connectivity index (χ2v) is 10.2. The zero-order chi connectivity index (χ0) is 27.9. The van der Waals surface area contributed by atoms with Crippen LogP contribution in [0, 0.1) is 50.2 Å². The Hall–Kier alpha value is 21.8. The summed E-state index contributed by atoms with van der Waals surface area (Å²) in [5.41, 5.74) is 7.32. The minimum absolute atomic E-state index is 0. The number of aromatic nitrogens is 8. The predicted molar refractivity (Wildman–Crippen MR) is 159 cm³/mol. The number of hydrogen-bond acceptors (Lipinski definition) is 6. The Balaban J connectivity index is -0.0000000667. The Morgan fingerprint density at radius 1 is 0.284 bits per heavy atom. The Labute approximate surface area is 1020 Å².